The fraction of sp³-hybridized carbons (Fsp3) is 0.409. The number of hydrogen-bond donors (Lipinski definition) is 2. The molecule has 7 nitrogen and oxygen atoms in total. The zero-order valence-corrected chi connectivity index (χ0v) is 17.6. The third-order valence-corrected chi connectivity index (χ3v) is 4.76. The summed E-state index contributed by atoms with van der Waals surface area (Å²) in [7, 11) is 1.77. The quantitative estimate of drug-likeness (QED) is 0.347. The second-order valence-corrected chi connectivity index (χ2v) is 7.35. The van der Waals surface area contributed by atoms with Crippen molar-refractivity contribution in [3.63, 3.8) is 0 Å². The molecular formula is C22H30N6O. The number of aliphatic imine (C=N–C) groups is 1. The van der Waals surface area contributed by atoms with Crippen molar-refractivity contribution in [2.24, 2.45) is 4.99 Å². The van der Waals surface area contributed by atoms with Crippen molar-refractivity contribution in [1.82, 2.24) is 25.6 Å². The molecule has 0 bridgehead atoms. The molecule has 0 aliphatic carbocycles. The lowest BCUT2D eigenvalue weighted by molar-refractivity contribution is 0.372. The fourth-order valence-electron chi connectivity index (χ4n) is 3.02. The molecule has 0 radical (unpaired) electrons. The zero-order chi connectivity index (χ0) is 20.6. The average Bonchev–Trinajstić information content (AvgIpc) is 3.35. The van der Waals surface area contributed by atoms with Gasteiger partial charge in [-0.1, -0.05) is 37.2 Å². The van der Waals surface area contributed by atoms with Crippen molar-refractivity contribution in [3.05, 3.63) is 65.3 Å². The van der Waals surface area contributed by atoms with Crippen molar-refractivity contribution >= 4 is 5.96 Å². The maximum absolute atomic E-state index is 5.35. The Morgan fingerprint density at radius 2 is 2.00 bits per heavy atom. The minimum atomic E-state index is 0.361. The number of aryl methyl sites for hydroxylation is 2. The number of nitrogens with zero attached hydrogens (tertiary/aromatic N) is 4. The first kappa shape index (κ1) is 20.6. The number of aromatic nitrogens is 3. The molecule has 0 amide bonds. The molecule has 3 aromatic rings. The van der Waals surface area contributed by atoms with Crippen LogP contribution in [0.1, 0.15) is 48.9 Å². The number of guanidine groups is 1. The standard InChI is InChI=1S/C22H30N6O/c1-16(2)21-13-20(29-27-21)14-25-22(23-4)24-12-8-9-18-15-28(26-17(18)3)19-10-6-5-7-11-19/h5-7,10-11,13,15-16H,8-9,12,14H2,1-4H3,(H2,23,24,25). The summed E-state index contributed by atoms with van der Waals surface area (Å²) in [4.78, 5) is 4.27. The SMILES string of the molecule is CN=C(NCCCc1cn(-c2ccccc2)nc1C)NCc1cc(C(C)C)no1. The Morgan fingerprint density at radius 1 is 1.21 bits per heavy atom. The third kappa shape index (κ3) is 5.70. The van der Waals surface area contributed by atoms with E-state index in [9.17, 15) is 0 Å². The minimum Gasteiger partial charge on any atom is -0.359 e. The van der Waals surface area contributed by atoms with Crippen molar-refractivity contribution < 1.29 is 4.52 Å². The van der Waals surface area contributed by atoms with Gasteiger partial charge in [0.1, 0.15) is 0 Å². The van der Waals surface area contributed by atoms with E-state index >= 15 is 0 Å². The van der Waals surface area contributed by atoms with Crippen LogP contribution in [0.25, 0.3) is 5.69 Å². The third-order valence-electron chi connectivity index (χ3n) is 4.76. The molecule has 154 valence electrons. The van der Waals surface area contributed by atoms with Gasteiger partial charge in [-0.15, -0.1) is 0 Å². The van der Waals surface area contributed by atoms with Gasteiger partial charge in [-0.2, -0.15) is 5.10 Å². The normalized spacial score (nSPS) is 11.8. The maximum Gasteiger partial charge on any atom is 0.191 e. The predicted molar refractivity (Wildman–Crippen MR) is 115 cm³/mol. The number of nitrogens with one attached hydrogen (secondary N) is 2. The number of rotatable bonds is 8. The van der Waals surface area contributed by atoms with E-state index in [1.165, 1.54) is 5.56 Å². The van der Waals surface area contributed by atoms with Crippen LogP contribution in [0.15, 0.2) is 52.1 Å². The van der Waals surface area contributed by atoms with Gasteiger partial charge in [0.2, 0.25) is 0 Å². The smallest absolute Gasteiger partial charge is 0.191 e. The van der Waals surface area contributed by atoms with Crippen LogP contribution < -0.4 is 10.6 Å². The topological polar surface area (TPSA) is 80.3 Å². The summed E-state index contributed by atoms with van der Waals surface area (Å²) in [5.41, 5.74) is 4.39. The van der Waals surface area contributed by atoms with Crippen LogP contribution in [-0.2, 0) is 13.0 Å². The maximum atomic E-state index is 5.35. The highest BCUT2D eigenvalue weighted by molar-refractivity contribution is 5.79. The van der Waals surface area contributed by atoms with Crippen LogP contribution in [0.3, 0.4) is 0 Å². The summed E-state index contributed by atoms with van der Waals surface area (Å²) in [6.45, 7) is 7.64. The lowest BCUT2D eigenvalue weighted by atomic mass is 10.1. The first-order chi connectivity index (χ1) is 14.1. The van der Waals surface area contributed by atoms with Gasteiger partial charge < -0.3 is 15.2 Å². The summed E-state index contributed by atoms with van der Waals surface area (Å²) in [5.74, 6) is 1.92. The van der Waals surface area contributed by atoms with E-state index in [2.05, 4.69) is 65.0 Å². The fourth-order valence-corrected chi connectivity index (χ4v) is 3.02. The molecule has 7 heteroatoms. The largest absolute Gasteiger partial charge is 0.359 e. The Morgan fingerprint density at radius 3 is 2.69 bits per heavy atom. The van der Waals surface area contributed by atoms with E-state index in [4.69, 9.17) is 4.52 Å². The molecule has 0 saturated heterocycles. The van der Waals surface area contributed by atoms with Crippen LogP contribution in [0, 0.1) is 6.92 Å². The molecule has 2 heterocycles. The Balaban J connectivity index is 1.44. The zero-order valence-electron chi connectivity index (χ0n) is 17.6. The van der Waals surface area contributed by atoms with Crippen LogP contribution >= 0.6 is 0 Å². The van der Waals surface area contributed by atoms with Gasteiger partial charge >= 0.3 is 0 Å². The molecule has 0 fully saturated rings. The average molecular weight is 395 g/mol. The summed E-state index contributed by atoms with van der Waals surface area (Å²) < 4.78 is 7.30. The Labute approximate surface area is 172 Å². The van der Waals surface area contributed by atoms with Crippen molar-refractivity contribution in [2.45, 2.75) is 46.1 Å². The lowest BCUT2D eigenvalue weighted by Gasteiger charge is -2.10. The van der Waals surface area contributed by atoms with Gasteiger partial charge in [0.25, 0.3) is 0 Å². The van der Waals surface area contributed by atoms with Gasteiger partial charge in [0, 0.05) is 25.9 Å². The van der Waals surface area contributed by atoms with Gasteiger partial charge in [-0.3, -0.25) is 4.99 Å². The Bertz CT molecular complexity index is 926. The molecule has 0 unspecified atom stereocenters. The summed E-state index contributed by atoms with van der Waals surface area (Å²) in [6.07, 6.45) is 4.07. The Kier molecular flexibility index (Phi) is 7.05. The molecule has 2 aromatic heterocycles. The number of para-hydroxylation sites is 1. The first-order valence-electron chi connectivity index (χ1n) is 10.1. The molecule has 29 heavy (non-hydrogen) atoms. The number of benzene rings is 1. The van der Waals surface area contributed by atoms with E-state index in [0.29, 0.717) is 12.5 Å². The molecule has 0 aliphatic heterocycles. The van der Waals surface area contributed by atoms with Crippen LogP contribution in [0.5, 0.6) is 0 Å². The van der Waals surface area contributed by atoms with E-state index < -0.39 is 0 Å². The predicted octanol–water partition coefficient (Wildman–Crippen LogP) is 3.59. The van der Waals surface area contributed by atoms with Gasteiger partial charge in [0.15, 0.2) is 11.7 Å². The summed E-state index contributed by atoms with van der Waals surface area (Å²) in [6, 6.07) is 12.2. The molecule has 0 atom stereocenters. The van der Waals surface area contributed by atoms with Gasteiger partial charge in [0.05, 0.1) is 23.6 Å². The molecule has 0 saturated carbocycles. The minimum absolute atomic E-state index is 0.361. The van der Waals surface area contributed by atoms with E-state index in [1.807, 2.05) is 28.9 Å². The van der Waals surface area contributed by atoms with Crippen LogP contribution in [-0.4, -0.2) is 34.5 Å². The van der Waals surface area contributed by atoms with Gasteiger partial charge in [-0.25, -0.2) is 4.68 Å². The van der Waals surface area contributed by atoms with Gasteiger partial charge in [-0.05, 0) is 43.4 Å². The highest BCUT2D eigenvalue weighted by atomic mass is 16.5. The monoisotopic (exact) mass is 394 g/mol. The molecule has 0 aliphatic rings. The van der Waals surface area contributed by atoms with Crippen LogP contribution in [0.4, 0.5) is 0 Å². The van der Waals surface area contributed by atoms with E-state index in [-0.39, 0.29) is 0 Å². The van der Waals surface area contributed by atoms with Crippen molar-refractivity contribution in [2.75, 3.05) is 13.6 Å². The second kappa shape index (κ2) is 9.91. The summed E-state index contributed by atoms with van der Waals surface area (Å²) in [5, 5.41) is 15.3. The highest BCUT2D eigenvalue weighted by Gasteiger charge is 2.09. The lowest BCUT2D eigenvalue weighted by Crippen LogP contribution is -2.37. The van der Waals surface area contributed by atoms with E-state index in [1.54, 1.807) is 7.05 Å². The second-order valence-electron chi connectivity index (χ2n) is 7.35. The summed E-state index contributed by atoms with van der Waals surface area (Å²) >= 11 is 0. The molecular weight excluding hydrogens is 364 g/mol. The molecule has 0 spiro atoms. The highest BCUT2D eigenvalue weighted by Crippen LogP contribution is 2.14. The van der Waals surface area contributed by atoms with Crippen molar-refractivity contribution in [3.8, 4) is 5.69 Å². The molecule has 2 N–H and O–H groups in total. The van der Waals surface area contributed by atoms with Crippen molar-refractivity contribution in [1.29, 1.82) is 0 Å². The van der Waals surface area contributed by atoms with Crippen LogP contribution in [0.2, 0.25) is 0 Å². The molecule has 1 aromatic carbocycles. The Hall–Kier alpha value is -3.09. The van der Waals surface area contributed by atoms with E-state index in [0.717, 1.165) is 48.2 Å². The number of hydrogen-bond acceptors (Lipinski definition) is 4. The first-order valence-corrected chi connectivity index (χ1v) is 10.1. The molecule has 3 rings (SSSR count).